The molecule has 5 nitrogen and oxygen atoms in total. The van der Waals surface area contributed by atoms with Gasteiger partial charge in [0.15, 0.2) is 5.76 Å². The molecule has 0 saturated carbocycles. The molecule has 0 atom stereocenters. The Labute approximate surface area is 99.8 Å². The van der Waals surface area contributed by atoms with Crippen LogP contribution in [0.1, 0.15) is 30.0 Å². The summed E-state index contributed by atoms with van der Waals surface area (Å²) in [4.78, 5) is 25.6. The fourth-order valence-corrected chi connectivity index (χ4v) is 1.97. The van der Waals surface area contributed by atoms with Crippen LogP contribution in [0.4, 0.5) is 0 Å². The molecule has 2 heterocycles. The van der Waals surface area contributed by atoms with Crippen molar-refractivity contribution in [2.75, 3.05) is 13.1 Å². The van der Waals surface area contributed by atoms with Crippen molar-refractivity contribution in [2.45, 2.75) is 26.3 Å². The third-order valence-corrected chi connectivity index (χ3v) is 3.15. The molecule has 0 radical (unpaired) electrons. The third kappa shape index (κ3) is 1.81. The number of carbonyl (C=O) groups is 2. The topological polar surface area (TPSA) is 62.6 Å². The Morgan fingerprint density at radius 3 is 2.82 bits per heavy atom. The zero-order chi connectivity index (χ0) is 12.6. The van der Waals surface area contributed by atoms with Gasteiger partial charge in [0.05, 0.1) is 6.26 Å². The molecule has 2 rings (SSSR count). The second-order valence-corrected chi connectivity index (χ2v) is 4.70. The molecule has 17 heavy (non-hydrogen) atoms. The van der Waals surface area contributed by atoms with Crippen LogP contribution < -0.4 is 5.32 Å². The molecule has 1 aliphatic heterocycles. The van der Waals surface area contributed by atoms with E-state index in [2.05, 4.69) is 5.32 Å². The molecule has 0 bridgehead atoms. The smallest absolute Gasteiger partial charge is 0.290 e. The molecule has 1 fully saturated rings. The summed E-state index contributed by atoms with van der Waals surface area (Å²) in [6.45, 7) is 6.26. The number of nitrogens with zero attached hydrogens (tertiary/aromatic N) is 1. The fourth-order valence-electron chi connectivity index (χ4n) is 1.97. The van der Waals surface area contributed by atoms with Crippen molar-refractivity contribution in [1.82, 2.24) is 10.2 Å². The maximum absolute atomic E-state index is 12.3. The molecule has 5 heteroatoms. The summed E-state index contributed by atoms with van der Waals surface area (Å²) in [7, 11) is 0. The molecule has 1 N–H and O–H groups in total. The van der Waals surface area contributed by atoms with E-state index in [1.165, 1.54) is 6.26 Å². The largest absolute Gasteiger partial charge is 0.459 e. The van der Waals surface area contributed by atoms with E-state index in [9.17, 15) is 9.59 Å². The monoisotopic (exact) mass is 236 g/mol. The van der Waals surface area contributed by atoms with Crippen molar-refractivity contribution in [3.05, 3.63) is 23.7 Å². The van der Waals surface area contributed by atoms with Crippen LogP contribution >= 0.6 is 0 Å². The van der Waals surface area contributed by atoms with Gasteiger partial charge in [-0.05, 0) is 26.8 Å². The lowest BCUT2D eigenvalue weighted by atomic mass is 9.98. The summed E-state index contributed by atoms with van der Waals surface area (Å²) in [6.07, 6.45) is 1.49. The van der Waals surface area contributed by atoms with Crippen molar-refractivity contribution in [1.29, 1.82) is 0 Å². The van der Waals surface area contributed by atoms with Crippen LogP contribution in [0.15, 0.2) is 16.7 Å². The van der Waals surface area contributed by atoms with Gasteiger partial charge in [0, 0.05) is 18.7 Å². The molecule has 0 aliphatic carbocycles. The molecular weight excluding hydrogens is 220 g/mol. The number of rotatable bonds is 1. The van der Waals surface area contributed by atoms with Crippen LogP contribution in [-0.4, -0.2) is 35.3 Å². The first-order valence-corrected chi connectivity index (χ1v) is 5.59. The second kappa shape index (κ2) is 3.91. The highest BCUT2D eigenvalue weighted by Crippen LogP contribution is 2.22. The lowest BCUT2D eigenvalue weighted by Gasteiger charge is -2.40. The molecule has 1 aromatic rings. The summed E-state index contributed by atoms with van der Waals surface area (Å²) in [5.74, 6) is -0.0542. The minimum atomic E-state index is -0.839. The zero-order valence-corrected chi connectivity index (χ0v) is 10.2. The lowest BCUT2D eigenvalue weighted by Crippen LogP contribution is -2.63. The number of hydrogen-bond acceptors (Lipinski definition) is 3. The quantitative estimate of drug-likeness (QED) is 0.789. The molecule has 0 unspecified atom stereocenters. The maximum atomic E-state index is 12.3. The number of nitrogens with one attached hydrogen (secondary N) is 1. The third-order valence-electron chi connectivity index (χ3n) is 3.15. The molecule has 92 valence electrons. The van der Waals surface area contributed by atoms with Crippen LogP contribution in [0.5, 0.6) is 0 Å². The first-order chi connectivity index (χ1) is 7.94. The SMILES string of the molecule is Cc1ccoc1C(=O)N1CCNC(=O)C1(C)C. The van der Waals surface area contributed by atoms with Crippen LogP contribution in [0, 0.1) is 6.92 Å². The van der Waals surface area contributed by atoms with E-state index in [1.54, 1.807) is 24.8 Å². The van der Waals surface area contributed by atoms with Crippen molar-refractivity contribution in [3.8, 4) is 0 Å². The highest BCUT2D eigenvalue weighted by molar-refractivity contribution is 5.98. The number of carbonyl (C=O) groups excluding carboxylic acids is 2. The van der Waals surface area contributed by atoms with Gasteiger partial charge < -0.3 is 14.6 Å². The van der Waals surface area contributed by atoms with Gasteiger partial charge in [-0.2, -0.15) is 0 Å². The predicted octanol–water partition coefficient (Wildman–Crippen LogP) is 0.939. The van der Waals surface area contributed by atoms with E-state index < -0.39 is 5.54 Å². The van der Waals surface area contributed by atoms with Crippen molar-refractivity contribution in [2.24, 2.45) is 0 Å². The van der Waals surface area contributed by atoms with Crippen LogP contribution in [-0.2, 0) is 4.79 Å². The zero-order valence-electron chi connectivity index (χ0n) is 10.2. The number of hydrogen-bond donors (Lipinski definition) is 1. The molecule has 0 aromatic carbocycles. The highest BCUT2D eigenvalue weighted by atomic mass is 16.3. The minimum absolute atomic E-state index is 0.138. The van der Waals surface area contributed by atoms with E-state index in [-0.39, 0.29) is 11.8 Å². The van der Waals surface area contributed by atoms with Crippen LogP contribution in [0.25, 0.3) is 0 Å². The maximum Gasteiger partial charge on any atom is 0.290 e. The molecule has 1 aromatic heterocycles. The molecule has 2 amide bonds. The van der Waals surface area contributed by atoms with Gasteiger partial charge in [-0.25, -0.2) is 0 Å². The van der Waals surface area contributed by atoms with E-state index >= 15 is 0 Å². The summed E-state index contributed by atoms with van der Waals surface area (Å²) >= 11 is 0. The summed E-state index contributed by atoms with van der Waals surface area (Å²) in [5.41, 5.74) is -0.0500. The van der Waals surface area contributed by atoms with Gasteiger partial charge in [0.2, 0.25) is 5.91 Å². The van der Waals surface area contributed by atoms with Crippen molar-refractivity contribution >= 4 is 11.8 Å². The number of amides is 2. The summed E-state index contributed by atoms with van der Waals surface area (Å²) < 4.78 is 5.18. The first kappa shape index (κ1) is 11.7. The highest BCUT2D eigenvalue weighted by Gasteiger charge is 2.41. The van der Waals surface area contributed by atoms with Gasteiger partial charge in [0.1, 0.15) is 5.54 Å². The molecular formula is C12H16N2O3. The fraction of sp³-hybridized carbons (Fsp3) is 0.500. The Morgan fingerprint density at radius 2 is 2.24 bits per heavy atom. The Bertz CT molecular complexity index is 462. The Morgan fingerprint density at radius 1 is 1.53 bits per heavy atom. The molecule has 1 aliphatic rings. The van der Waals surface area contributed by atoms with Crippen LogP contribution in [0.2, 0.25) is 0 Å². The predicted molar refractivity (Wildman–Crippen MR) is 61.6 cm³/mol. The van der Waals surface area contributed by atoms with Crippen molar-refractivity contribution < 1.29 is 14.0 Å². The number of piperazine rings is 1. The first-order valence-electron chi connectivity index (χ1n) is 5.59. The number of aryl methyl sites for hydroxylation is 1. The summed E-state index contributed by atoms with van der Waals surface area (Å²) in [6, 6.07) is 1.74. The average molecular weight is 236 g/mol. The van der Waals surface area contributed by atoms with Crippen molar-refractivity contribution in [3.63, 3.8) is 0 Å². The molecule has 1 saturated heterocycles. The van der Waals surface area contributed by atoms with E-state index in [4.69, 9.17) is 4.42 Å². The van der Waals surface area contributed by atoms with Gasteiger partial charge in [-0.1, -0.05) is 0 Å². The van der Waals surface area contributed by atoms with Gasteiger partial charge in [-0.15, -0.1) is 0 Å². The van der Waals surface area contributed by atoms with E-state index in [0.717, 1.165) is 5.56 Å². The van der Waals surface area contributed by atoms with E-state index in [1.807, 2.05) is 6.92 Å². The minimum Gasteiger partial charge on any atom is -0.459 e. The second-order valence-electron chi connectivity index (χ2n) is 4.70. The Hall–Kier alpha value is -1.78. The lowest BCUT2D eigenvalue weighted by molar-refractivity contribution is -0.133. The van der Waals surface area contributed by atoms with Crippen LogP contribution in [0.3, 0.4) is 0 Å². The summed E-state index contributed by atoms with van der Waals surface area (Å²) in [5, 5.41) is 2.75. The van der Waals surface area contributed by atoms with Gasteiger partial charge in [0.25, 0.3) is 5.91 Å². The standard InChI is InChI=1S/C12H16N2O3/c1-8-4-7-17-9(8)10(15)14-6-5-13-11(16)12(14,2)3/h4,7H,5-6H2,1-3H3,(H,13,16). The number of furan rings is 1. The van der Waals surface area contributed by atoms with E-state index in [0.29, 0.717) is 18.8 Å². The van der Waals surface area contributed by atoms with Gasteiger partial charge >= 0.3 is 0 Å². The Balaban J connectivity index is 2.31. The average Bonchev–Trinajstić information content (AvgIpc) is 2.68. The Kier molecular flexibility index (Phi) is 2.69. The molecule has 0 spiro atoms. The van der Waals surface area contributed by atoms with Gasteiger partial charge in [-0.3, -0.25) is 9.59 Å². The normalized spacial score (nSPS) is 19.0.